The van der Waals surface area contributed by atoms with Gasteiger partial charge in [0.05, 0.1) is 5.69 Å². The topological polar surface area (TPSA) is 29.3 Å². The number of halogens is 1. The van der Waals surface area contributed by atoms with Crippen molar-refractivity contribution in [3.05, 3.63) is 65.5 Å². The SMILES string of the molecule is C[C@@H](N)c1cccc(F)c1N(C)Cc1ccccc1. The lowest BCUT2D eigenvalue weighted by Gasteiger charge is -2.24. The van der Waals surface area contributed by atoms with Crippen molar-refractivity contribution in [2.45, 2.75) is 19.5 Å². The Kier molecular flexibility index (Phi) is 4.17. The van der Waals surface area contributed by atoms with Gasteiger partial charge in [0, 0.05) is 19.6 Å². The van der Waals surface area contributed by atoms with Crippen LogP contribution in [0.2, 0.25) is 0 Å². The van der Waals surface area contributed by atoms with Gasteiger partial charge in [-0.05, 0) is 24.1 Å². The highest BCUT2D eigenvalue weighted by Gasteiger charge is 2.15. The van der Waals surface area contributed by atoms with Crippen LogP contribution in [0.5, 0.6) is 0 Å². The number of nitrogens with two attached hydrogens (primary N) is 1. The van der Waals surface area contributed by atoms with Crippen LogP contribution in [-0.4, -0.2) is 7.05 Å². The van der Waals surface area contributed by atoms with E-state index in [2.05, 4.69) is 0 Å². The third-order valence-electron chi connectivity index (χ3n) is 3.15. The molecule has 0 unspecified atom stereocenters. The first kappa shape index (κ1) is 13.6. The van der Waals surface area contributed by atoms with E-state index in [0.717, 1.165) is 11.1 Å². The van der Waals surface area contributed by atoms with Crippen LogP contribution >= 0.6 is 0 Å². The van der Waals surface area contributed by atoms with Crippen molar-refractivity contribution in [3.63, 3.8) is 0 Å². The van der Waals surface area contributed by atoms with Gasteiger partial charge in [-0.15, -0.1) is 0 Å². The van der Waals surface area contributed by atoms with Gasteiger partial charge in [-0.2, -0.15) is 0 Å². The second-order valence-electron chi connectivity index (χ2n) is 4.81. The molecule has 2 nitrogen and oxygen atoms in total. The molecular formula is C16H19FN2. The van der Waals surface area contributed by atoms with E-state index < -0.39 is 0 Å². The Morgan fingerprint density at radius 1 is 1.11 bits per heavy atom. The molecule has 2 rings (SSSR count). The van der Waals surface area contributed by atoms with E-state index in [1.54, 1.807) is 6.07 Å². The van der Waals surface area contributed by atoms with Gasteiger partial charge in [-0.25, -0.2) is 4.39 Å². The summed E-state index contributed by atoms with van der Waals surface area (Å²) in [6.45, 7) is 2.52. The summed E-state index contributed by atoms with van der Waals surface area (Å²) in [6.07, 6.45) is 0. The zero-order valence-corrected chi connectivity index (χ0v) is 11.3. The molecule has 2 N–H and O–H groups in total. The number of hydrogen-bond acceptors (Lipinski definition) is 2. The molecule has 0 aliphatic rings. The molecule has 0 saturated carbocycles. The third-order valence-corrected chi connectivity index (χ3v) is 3.15. The Bertz CT molecular complexity index is 538. The highest BCUT2D eigenvalue weighted by atomic mass is 19.1. The van der Waals surface area contributed by atoms with E-state index in [0.29, 0.717) is 12.2 Å². The second-order valence-corrected chi connectivity index (χ2v) is 4.81. The zero-order valence-electron chi connectivity index (χ0n) is 11.3. The number of anilines is 1. The van der Waals surface area contributed by atoms with E-state index >= 15 is 0 Å². The largest absolute Gasteiger partial charge is 0.368 e. The molecular weight excluding hydrogens is 239 g/mol. The maximum Gasteiger partial charge on any atom is 0.146 e. The fourth-order valence-corrected chi connectivity index (χ4v) is 2.24. The van der Waals surface area contributed by atoms with E-state index in [1.807, 2.05) is 55.3 Å². The summed E-state index contributed by atoms with van der Waals surface area (Å²) in [6, 6.07) is 14.9. The van der Waals surface area contributed by atoms with Crippen LogP contribution in [0.1, 0.15) is 24.1 Å². The predicted octanol–water partition coefficient (Wildman–Crippen LogP) is 3.48. The molecule has 0 aromatic heterocycles. The molecule has 0 radical (unpaired) electrons. The molecule has 2 aromatic rings. The Morgan fingerprint density at radius 2 is 1.79 bits per heavy atom. The molecule has 3 heteroatoms. The molecule has 1 atom stereocenters. The lowest BCUT2D eigenvalue weighted by molar-refractivity contribution is 0.616. The van der Waals surface area contributed by atoms with Gasteiger partial charge < -0.3 is 10.6 Å². The van der Waals surface area contributed by atoms with Crippen LogP contribution in [0, 0.1) is 5.82 Å². The Balaban J connectivity index is 2.31. The number of hydrogen-bond donors (Lipinski definition) is 1. The highest BCUT2D eigenvalue weighted by Crippen LogP contribution is 2.28. The molecule has 19 heavy (non-hydrogen) atoms. The first-order valence-corrected chi connectivity index (χ1v) is 6.38. The lowest BCUT2D eigenvalue weighted by Crippen LogP contribution is -2.21. The maximum absolute atomic E-state index is 14.1. The first-order valence-electron chi connectivity index (χ1n) is 6.38. The van der Waals surface area contributed by atoms with Crippen LogP contribution in [0.25, 0.3) is 0 Å². The summed E-state index contributed by atoms with van der Waals surface area (Å²) in [5.41, 5.74) is 8.48. The van der Waals surface area contributed by atoms with Crippen molar-refractivity contribution in [1.82, 2.24) is 0 Å². The second kappa shape index (κ2) is 5.85. The first-order chi connectivity index (χ1) is 9.09. The molecule has 0 heterocycles. The monoisotopic (exact) mass is 258 g/mol. The summed E-state index contributed by atoms with van der Waals surface area (Å²) < 4.78 is 14.1. The van der Waals surface area contributed by atoms with Crippen molar-refractivity contribution >= 4 is 5.69 Å². The minimum absolute atomic E-state index is 0.191. The van der Waals surface area contributed by atoms with Crippen molar-refractivity contribution in [3.8, 4) is 0 Å². The highest BCUT2D eigenvalue weighted by molar-refractivity contribution is 5.55. The fourth-order valence-electron chi connectivity index (χ4n) is 2.24. The molecule has 2 aromatic carbocycles. The molecule has 0 aliphatic carbocycles. The quantitative estimate of drug-likeness (QED) is 0.909. The van der Waals surface area contributed by atoms with Crippen LogP contribution in [0.15, 0.2) is 48.5 Å². The van der Waals surface area contributed by atoms with Gasteiger partial charge in [-0.3, -0.25) is 0 Å². The molecule has 0 bridgehead atoms. The summed E-state index contributed by atoms with van der Waals surface area (Å²) in [5.74, 6) is -0.228. The molecule has 0 amide bonds. The average Bonchev–Trinajstić information content (AvgIpc) is 2.39. The smallest absolute Gasteiger partial charge is 0.146 e. The van der Waals surface area contributed by atoms with Crippen molar-refractivity contribution in [2.75, 3.05) is 11.9 Å². The maximum atomic E-state index is 14.1. The molecule has 0 spiro atoms. The standard InChI is InChI=1S/C16H19FN2/c1-12(18)14-9-6-10-15(17)16(14)19(2)11-13-7-4-3-5-8-13/h3-10,12H,11,18H2,1-2H3/t12-/m1/s1. The average molecular weight is 258 g/mol. The van der Waals surface area contributed by atoms with E-state index in [1.165, 1.54) is 6.07 Å². The van der Waals surface area contributed by atoms with Gasteiger partial charge in [0.15, 0.2) is 0 Å². The summed E-state index contributed by atoms with van der Waals surface area (Å²) in [5, 5.41) is 0. The van der Waals surface area contributed by atoms with Gasteiger partial charge in [0.25, 0.3) is 0 Å². The van der Waals surface area contributed by atoms with E-state index in [-0.39, 0.29) is 11.9 Å². The zero-order chi connectivity index (χ0) is 13.8. The van der Waals surface area contributed by atoms with Crippen LogP contribution in [0.3, 0.4) is 0 Å². The Hall–Kier alpha value is -1.87. The van der Waals surface area contributed by atoms with Crippen molar-refractivity contribution in [1.29, 1.82) is 0 Å². The van der Waals surface area contributed by atoms with Crippen LogP contribution in [0.4, 0.5) is 10.1 Å². The number of nitrogens with zero attached hydrogens (tertiary/aromatic N) is 1. The van der Waals surface area contributed by atoms with Gasteiger partial charge >= 0.3 is 0 Å². The van der Waals surface area contributed by atoms with Gasteiger partial charge in [0.1, 0.15) is 5.82 Å². The van der Waals surface area contributed by atoms with Crippen molar-refractivity contribution < 1.29 is 4.39 Å². The molecule has 0 saturated heterocycles. The minimum Gasteiger partial charge on any atom is -0.368 e. The number of benzene rings is 2. The normalized spacial score (nSPS) is 12.2. The van der Waals surface area contributed by atoms with Crippen molar-refractivity contribution in [2.24, 2.45) is 5.73 Å². The summed E-state index contributed by atoms with van der Waals surface area (Å²) in [4.78, 5) is 1.91. The fraction of sp³-hybridized carbons (Fsp3) is 0.250. The van der Waals surface area contributed by atoms with Gasteiger partial charge in [-0.1, -0.05) is 42.5 Å². The van der Waals surface area contributed by atoms with Crippen LogP contribution in [-0.2, 0) is 6.54 Å². The predicted molar refractivity (Wildman–Crippen MR) is 77.6 cm³/mol. The Morgan fingerprint density at radius 3 is 2.42 bits per heavy atom. The third kappa shape index (κ3) is 3.12. The summed E-state index contributed by atoms with van der Waals surface area (Å²) in [7, 11) is 1.89. The van der Waals surface area contributed by atoms with Crippen LogP contribution < -0.4 is 10.6 Å². The number of rotatable bonds is 4. The summed E-state index contributed by atoms with van der Waals surface area (Å²) >= 11 is 0. The lowest BCUT2D eigenvalue weighted by atomic mass is 10.0. The van der Waals surface area contributed by atoms with E-state index in [9.17, 15) is 4.39 Å². The van der Waals surface area contributed by atoms with Gasteiger partial charge in [0.2, 0.25) is 0 Å². The molecule has 100 valence electrons. The molecule has 0 aliphatic heterocycles. The number of para-hydroxylation sites is 1. The van der Waals surface area contributed by atoms with E-state index in [4.69, 9.17) is 5.73 Å². The Labute approximate surface area is 113 Å². The minimum atomic E-state index is -0.228. The molecule has 0 fully saturated rings.